The quantitative estimate of drug-likeness (QED) is 0.864. The summed E-state index contributed by atoms with van der Waals surface area (Å²) in [5.74, 6) is -0.287. The molecule has 0 spiro atoms. The standard InChI is InChI=1S/C18H21NO2/c1-12-7-5-9-15(11-12)19-17(18(20)21-4)16-10-6-8-13(2)14(16)3/h5-11,17,19H,1-4H3. The first-order valence-electron chi connectivity index (χ1n) is 7.00. The van der Waals surface area contributed by atoms with Gasteiger partial charge in [-0.15, -0.1) is 0 Å². The van der Waals surface area contributed by atoms with Crippen LogP contribution in [0.2, 0.25) is 0 Å². The van der Waals surface area contributed by atoms with Crippen molar-refractivity contribution in [1.29, 1.82) is 0 Å². The molecule has 1 atom stereocenters. The molecule has 0 saturated carbocycles. The van der Waals surface area contributed by atoms with Crippen LogP contribution in [0.4, 0.5) is 5.69 Å². The molecule has 0 aliphatic carbocycles. The SMILES string of the molecule is COC(=O)C(Nc1cccc(C)c1)c1cccc(C)c1C. The lowest BCUT2D eigenvalue weighted by Crippen LogP contribution is -2.23. The predicted octanol–water partition coefficient (Wildman–Crippen LogP) is 3.94. The summed E-state index contributed by atoms with van der Waals surface area (Å²) in [7, 11) is 1.42. The summed E-state index contributed by atoms with van der Waals surface area (Å²) in [5, 5.41) is 3.28. The number of methoxy groups -OCH3 is 1. The maximum Gasteiger partial charge on any atom is 0.332 e. The highest BCUT2D eigenvalue weighted by molar-refractivity contribution is 5.81. The number of nitrogens with one attached hydrogen (secondary N) is 1. The summed E-state index contributed by atoms with van der Waals surface area (Å²) >= 11 is 0. The molecule has 1 N–H and O–H groups in total. The summed E-state index contributed by atoms with van der Waals surface area (Å²) in [6.45, 7) is 6.09. The van der Waals surface area contributed by atoms with E-state index in [1.165, 1.54) is 7.11 Å². The maximum absolute atomic E-state index is 12.2. The molecule has 110 valence electrons. The van der Waals surface area contributed by atoms with Gasteiger partial charge in [-0.1, -0.05) is 30.3 Å². The molecule has 21 heavy (non-hydrogen) atoms. The van der Waals surface area contributed by atoms with Crippen molar-refractivity contribution in [2.24, 2.45) is 0 Å². The van der Waals surface area contributed by atoms with Gasteiger partial charge in [-0.25, -0.2) is 4.79 Å². The van der Waals surface area contributed by atoms with Crippen LogP contribution in [-0.4, -0.2) is 13.1 Å². The number of esters is 1. The monoisotopic (exact) mass is 283 g/mol. The van der Waals surface area contributed by atoms with Gasteiger partial charge >= 0.3 is 5.97 Å². The minimum atomic E-state index is -0.503. The Morgan fingerprint density at radius 3 is 2.48 bits per heavy atom. The molecule has 0 radical (unpaired) electrons. The van der Waals surface area contributed by atoms with Gasteiger partial charge in [-0.2, -0.15) is 0 Å². The number of aryl methyl sites for hydroxylation is 2. The first-order chi connectivity index (χ1) is 10.0. The molecule has 0 amide bonds. The number of hydrogen-bond acceptors (Lipinski definition) is 3. The Hall–Kier alpha value is -2.29. The van der Waals surface area contributed by atoms with Gasteiger partial charge in [0.15, 0.2) is 6.04 Å². The van der Waals surface area contributed by atoms with Crippen LogP contribution >= 0.6 is 0 Å². The second-order valence-electron chi connectivity index (χ2n) is 5.26. The fourth-order valence-corrected chi connectivity index (χ4v) is 2.37. The summed E-state index contributed by atoms with van der Waals surface area (Å²) < 4.78 is 4.96. The molecular weight excluding hydrogens is 262 g/mol. The van der Waals surface area contributed by atoms with Gasteiger partial charge < -0.3 is 10.1 Å². The molecule has 0 aliphatic heterocycles. The van der Waals surface area contributed by atoms with Crippen molar-refractivity contribution in [2.75, 3.05) is 12.4 Å². The van der Waals surface area contributed by atoms with Gasteiger partial charge in [-0.3, -0.25) is 0 Å². The lowest BCUT2D eigenvalue weighted by Gasteiger charge is -2.21. The normalized spacial score (nSPS) is 11.8. The molecule has 0 bridgehead atoms. The van der Waals surface area contributed by atoms with Gasteiger partial charge in [0.05, 0.1) is 7.11 Å². The number of carbonyl (C=O) groups excluding carboxylic acids is 1. The fraction of sp³-hybridized carbons (Fsp3) is 0.278. The van der Waals surface area contributed by atoms with Crippen molar-refractivity contribution in [3.05, 3.63) is 64.7 Å². The molecular formula is C18H21NO2. The molecule has 0 heterocycles. The zero-order valence-corrected chi connectivity index (χ0v) is 12.9. The van der Waals surface area contributed by atoms with Crippen LogP contribution in [0.1, 0.15) is 28.3 Å². The van der Waals surface area contributed by atoms with Crippen LogP contribution in [0.5, 0.6) is 0 Å². The molecule has 1 unspecified atom stereocenters. The van der Waals surface area contributed by atoms with Crippen LogP contribution < -0.4 is 5.32 Å². The molecule has 2 rings (SSSR count). The van der Waals surface area contributed by atoms with E-state index in [0.29, 0.717) is 0 Å². The molecule has 2 aromatic carbocycles. The Kier molecular flexibility index (Phi) is 4.63. The van der Waals surface area contributed by atoms with Crippen LogP contribution in [0, 0.1) is 20.8 Å². The number of benzene rings is 2. The third-order valence-electron chi connectivity index (χ3n) is 3.72. The van der Waals surface area contributed by atoms with E-state index < -0.39 is 6.04 Å². The predicted molar refractivity (Wildman–Crippen MR) is 85.5 cm³/mol. The van der Waals surface area contributed by atoms with Crippen molar-refractivity contribution in [3.8, 4) is 0 Å². The van der Waals surface area contributed by atoms with E-state index in [0.717, 1.165) is 27.9 Å². The first kappa shape index (κ1) is 15.1. The van der Waals surface area contributed by atoms with Gasteiger partial charge in [0, 0.05) is 5.69 Å². The Morgan fingerprint density at radius 1 is 1.10 bits per heavy atom. The first-order valence-corrected chi connectivity index (χ1v) is 7.00. The summed E-state index contributed by atoms with van der Waals surface area (Å²) in [4.78, 5) is 12.2. The lowest BCUT2D eigenvalue weighted by molar-refractivity contribution is -0.141. The molecule has 2 aromatic rings. The van der Waals surface area contributed by atoms with E-state index in [1.54, 1.807) is 0 Å². The average Bonchev–Trinajstić information content (AvgIpc) is 2.47. The molecule has 0 aromatic heterocycles. The van der Waals surface area contributed by atoms with Crippen LogP contribution in [0.25, 0.3) is 0 Å². The van der Waals surface area contributed by atoms with E-state index in [2.05, 4.69) is 5.32 Å². The number of carbonyl (C=O) groups is 1. The second-order valence-corrected chi connectivity index (χ2v) is 5.26. The van der Waals surface area contributed by atoms with E-state index in [9.17, 15) is 4.79 Å². The summed E-state index contributed by atoms with van der Waals surface area (Å²) in [6.07, 6.45) is 0. The Balaban J connectivity index is 2.39. The minimum Gasteiger partial charge on any atom is -0.467 e. The number of hydrogen-bond donors (Lipinski definition) is 1. The topological polar surface area (TPSA) is 38.3 Å². The minimum absolute atomic E-state index is 0.287. The van der Waals surface area contributed by atoms with Crippen molar-refractivity contribution >= 4 is 11.7 Å². The van der Waals surface area contributed by atoms with Crippen molar-refractivity contribution in [3.63, 3.8) is 0 Å². The third-order valence-corrected chi connectivity index (χ3v) is 3.72. The molecule has 3 heteroatoms. The highest BCUT2D eigenvalue weighted by Gasteiger charge is 2.23. The zero-order valence-electron chi connectivity index (χ0n) is 12.9. The lowest BCUT2D eigenvalue weighted by atomic mass is 9.97. The zero-order chi connectivity index (χ0) is 15.4. The highest BCUT2D eigenvalue weighted by atomic mass is 16.5. The molecule has 0 fully saturated rings. The van der Waals surface area contributed by atoms with Gasteiger partial charge in [-0.05, 0) is 55.2 Å². The van der Waals surface area contributed by atoms with Gasteiger partial charge in [0.2, 0.25) is 0 Å². The Morgan fingerprint density at radius 2 is 1.81 bits per heavy atom. The smallest absolute Gasteiger partial charge is 0.332 e. The molecule has 0 saturated heterocycles. The van der Waals surface area contributed by atoms with Crippen molar-refractivity contribution in [2.45, 2.75) is 26.8 Å². The molecule has 3 nitrogen and oxygen atoms in total. The van der Waals surface area contributed by atoms with Crippen LogP contribution in [0.15, 0.2) is 42.5 Å². The highest BCUT2D eigenvalue weighted by Crippen LogP contribution is 2.25. The maximum atomic E-state index is 12.2. The number of rotatable bonds is 4. The van der Waals surface area contributed by atoms with E-state index >= 15 is 0 Å². The average molecular weight is 283 g/mol. The number of ether oxygens (including phenoxy) is 1. The van der Waals surface area contributed by atoms with Crippen molar-refractivity contribution in [1.82, 2.24) is 0 Å². The third kappa shape index (κ3) is 3.43. The van der Waals surface area contributed by atoms with E-state index in [1.807, 2.05) is 63.2 Å². The Labute approximate surface area is 126 Å². The Bertz CT molecular complexity index is 649. The second kappa shape index (κ2) is 6.44. The fourth-order valence-electron chi connectivity index (χ4n) is 2.37. The number of anilines is 1. The van der Waals surface area contributed by atoms with E-state index in [4.69, 9.17) is 4.74 Å². The van der Waals surface area contributed by atoms with E-state index in [-0.39, 0.29) is 5.97 Å². The van der Waals surface area contributed by atoms with Gasteiger partial charge in [0.1, 0.15) is 0 Å². The van der Waals surface area contributed by atoms with Crippen molar-refractivity contribution < 1.29 is 9.53 Å². The van der Waals surface area contributed by atoms with Crippen LogP contribution in [0.3, 0.4) is 0 Å². The van der Waals surface area contributed by atoms with Crippen LogP contribution in [-0.2, 0) is 9.53 Å². The summed E-state index contributed by atoms with van der Waals surface area (Å²) in [6, 6.07) is 13.4. The largest absolute Gasteiger partial charge is 0.467 e. The molecule has 0 aliphatic rings. The van der Waals surface area contributed by atoms with Gasteiger partial charge in [0.25, 0.3) is 0 Å². The summed E-state index contributed by atoms with van der Waals surface area (Å²) in [5.41, 5.74) is 5.26.